The van der Waals surface area contributed by atoms with E-state index in [9.17, 15) is 4.79 Å². The van der Waals surface area contributed by atoms with Crippen molar-refractivity contribution in [3.63, 3.8) is 0 Å². The highest BCUT2D eigenvalue weighted by atomic mass is 35.5. The number of ether oxygens (including phenoxy) is 1. The summed E-state index contributed by atoms with van der Waals surface area (Å²) in [6.07, 6.45) is 2.47. The normalized spacial score (nSPS) is 11.2. The van der Waals surface area contributed by atoms with Crippen molar-refractivity contribution in [3.8, 4) is 17.0 Å². The van der Waals surface area contributed by atoms with E-state index < -0.39 is 0 Å². The first-order valence-corrected chi connectivity index (χ1v) is 7.84. The van der Waals surface area contributed by atoms with E-state index in [1.165, 1.54) is 0 Å². The zero-order valence-electron chi connectivity index (χ0n) is 12.6. The van der Waals surface area contributed by atoms with Crippen LogP contribution in [0, 0.1) is 0 Å². The minimum atomic E-state index is 0.0996. The Morgan fingerprint density at radius 3 is 2.52 bits per heavy atom. The maximum atomic E-state index is 11.5. The molecule has 0 atom stereocenters. The topological polar surface area (TPSA) is 43.6 Å². The first-order chi connectivity index (χ1) is 11.0. The van der Waals surface area contributed by atoms with Gasteiger partial charge in [-0.05, 0) is 44.2 Å². The molecule has 118 valence electrons. The van der Waals surface area contributed by atoms with Gasteiger partial charge in [-0.1, -0.05) is 23.2 Å². The van der Waals surface area contributed by atoms with Crippen LogP contribution in [0.3, 0.4) is 0 Å². The molecule has 0 unspecified atom stereocenters. The summed E-state index contributed by atoms with van der Waals surface area (Å²) in [5, 5.41) is 0.835. The molecule has 0 spiro atoms. The molecular formula is C17H14Cl2N2O2. The first-order valence-electron chi connectivity index (χ1n) is 7.09. The number of carbonyl (C=O) groups is 1. The number of halogens is 2. The number of imidazole rings is 1. The third-order valence-electron chi connectivity index (χ3n) is 3.29. The fraction of sp³-hybridized carbons (Fsp3) is 0.176. The van der Waals surface area contributed by atoms with Gasteiger partial charge < -0.3 is 4.74 Å². The zero-order chi connectivity index (χ0) is 16.6. The van der Waals surface area contributed by atoms with Crippen LogP contribution in [0.4, 0.5) is 0 Å². The summed E-state index contributed by atoms with van der Waals surface area (Å²) in [5.74, 6) is 0.765. The van der Waals surface area contributed by atoms with Gasteiger partial charge in [0.05, 0.1) is 16.1 Å². The number of pyridine rings is 1. The molecule has 4 nitrogen and oxygen atoms in total. The average Bonchev–Trinajstić information content (AvgIpc) is 2.86. The minimum absolute atomic E-state index is 0.0996. The Bertz CT molecular complexity index is 870. The molecule has 0 radical (unpaired) electrons. The number of hydrogen-bond donors (Lipinski definition) is 0. The lowest BCUT2D eigenvalue weighted by Gasteiger charge is -2.09. The van der Waals surface area contributed by atoms with E-state index in [-0.39, 0.29) is 6.10 Å². The van der Waals surface area contributed by atoms with Gasteiger partial charge in [0.1, 0.15) is 17.1 Å². The van der Waals surface area contributed by atoms with E-state index in [0.29, 0.717) is 27.1 Å². The van der Waals surface area contributed by atoms with Crippen molar-refractivity contribution in [2.75, 3.05) is 0 Å². The number of nitrogens with zero attached hydrogens (tertiary/aromatic N) is 2. The maximum Gasteiger partial charge on any atom is 0.169 e. The molecule has 0 aliphatic rings. The van der Waals surface area contributed by atoms with Crippen LogP contribution in [0.5, 0.6) is 5.75 Å². The molecule has 0 aliphatic carbocycles. The Morgan fingerprint density at radius 2 is 1.91 bits per heavy atom. The van der Waals surface area contributed by atoms with Crippen molar-refractivity contribution in [1.82, 2.24) is 9.38 Å². The van der Waals surface area contributed by atoms with E-state index in [0.717, 1.165) is 17.6 Å². The molecule has 23 heavy (non-hydrogen) atoms. The highest BCUT2D eigenvalue weighted by Crippen LogP contribution is 2.30. The number of aromatic nitrogens is 2. The van der Waals surface area contributed by atoms with E-state index in [1.807, 2.05) is 38.1 Å². The second kappa shape index (κ2) is 6.22. The molecule has 3 rings (SSSR count). The predicted octanol–water partition coefficient (Wildman–Crippen LogP) is 4.91. The van der Waals surface area contributed by atoms with Crippen LogP contribution in [-0.4, -0.2) is 21.8 Å². The second-order valence-corrected chi connectivity index (χ2v) is 6.20. The number of hydrogen-bond acceptors (Lipinski definition) is 3. The molecule has 0 bridgehead atoms. The fourth-order valence-electron chi connectivity index (χ4n) is 2.38. The average molecular weight is 349 g/mol. The molecule has 2 aromatic heterocycles. The third-order valence-corrected chi connectivity index (χ3v) is 3.77. The van der Waals surface area contributed by atoms with Crippen molar-refractivity contribution in [1.29, 1.82) is 0 Å². The van der Waals surface area contributed by atoms with Crippen LogP contribution in [0.1, 0.15) is 24.3 Å². The van der Waals surface area contributed by atoms with Gasteiger partial charge in [-0.15, -0.1) is 0 Å². The standard InChI is InChI=1S/C17H14Cl2N2O2/c1-10(2)23-13-5-3-11(4-6-13)16-15(9-22)21-8-12(18)7-14(19)17(21)20-16/h3-10H,1-2H3. The molecule has 0 saturated carbocycles. The van der Waals surface area contributed by atoms with Crippen LogP contribution in [-0.2, 0) is 0 Å². The predicted molar refractivity (Wildman–Crippen MR) is 91.8 cm³/mol. The highest BCUT2D eigenvalue weighted by Gasteiger charge is 2.16. The van der Waals surface area contributed by atoms with Crippen molar-refractivity contribution >= 4 is 35.1 Å². The quantitative estimate of drug-likeness (QED) is 0.629. The van der Waals surface area contributed by atoms with E-state index in [2.05, 4.69) is 4.98 Å². The van der Waals surface area contributed by atoms with Crippen LogP contribution in [0.15, 0.2) is 36.5 Å². The van der Waals surface area contributed by atoms with Gasteiger partial charge in [-0.25, -0.2) is 4.98 Å². The maximum absolute atomic E-state index is 11.5. The molecule has 0 amide bonds. The third kappa shape index (κ3) is 3.05. The van der Waals surface area contributed by atoms with Gasteiger partial charge in [0.15, 0.2) is 11.9 Å². The first kappa shape index (κ1) is 15.8. The highest BCUT2D eigenvalue weighted by molar-refractivity contribution is 6.36. The second-order valence-electron chi connectivity index (χ2n) is 5.35. The number of rotatable bonds is 4. The lowest BCUT2D eigenvalue weighted by Crippen LogP contribution is -2.05. The molecule has 0 saturated heterocycles. The van der Waals surface area contributed by atoms with Gasteiger partial charge in [0, 0.05) is 11.8 Å². The van der Waals surface area contributed by atoms with Crippen molar-refractivity contribution in [3.05, 3.63) is 52.3 Å². The van der Waals surface area contributed by atoms with Crippen LogP contribution in [0.2, 0.25) is 10.0 Å². The SMILES string of the molecule is CC(C)Oc1ccc(-c2nc3c(Cl)cc(Cl)cn3c2C=O)cc1. The Balaban J connectivity index is 2.12. The lowest BCUT2D eigenvalue weighted by molar-refractivity contribution is 0.111. The molecule has 2 heterocycles. The summed E-state index contributed by atoms with van der Waals surface area (Å²) < 4.78 is 7.22. The van der Waals surface area contributed by atoms with Crippen LogP contribution >= 0.6 is 23.2 Å². The Labute approximate surface area is 143 Å². The van der Waals surface area contributed by atoms with Gasteiger partial charge in [-0.2, -0.15) is 0 Å². The monoisotopic (exact) mass is 348 g/mol. The lowest BCUT2D eigenvalue weighted by atomic mass is 10.1. The van der Waals surface area contributed by atoms with Gasteiger partial charge >= 0.3 is 0 Å². The van der Waals surface area contributed by atoms with Gasteiger partial charge in [0.2, 0.25) is 0 Å². The Kier molecular flexibility index (Phi) is 4.28. The molecule has 0 fully saturated rings. The number of benzene rings is 1. The number of carbonyl (C=O) groups excluding carboxylic acids is 1. The van der Waals surface area contributed by atoms with Gasteiger partial charge in [0.25, 0.3) is 0 Å². The number of fused-ring (bicyclic) bond motifs is 1. The Hall–Kier alpha value is -2.04. The summed E-state index contributed by atoms with van der Waals surface area (Å²) in [4.78, 5) is 16.0. The largest absolute Gasteiger partial charge is 0.491 e. The van der Waals surface area contributed by atoms with E-state index in [4.69, 9.17) is 27.9 Å². The summed E-state index contributed by atoms with van der Waals surface area (Å²) in [5.41, 5.74) is 2.26. The number of aldehydes is 1. The molecule has 0 aliphatic heterocycles. The van der Waals surface area contributed by atoms with Crippen molar-refractivity contribution < 1.29 is 9.53 Å². The summed E-state index contributed by atoms with van der Waals surface area (Å²) in [6.45, 7) is 3.93. The fourth-order valence-corrected chi connectivity index (χ4v) is 2.89. The minimum Gasteiger partial charge on any atom is -0.491 e. The molecule has 1 aromatic carbocycles. The Morgan fingerprint density at radius 1 is 1.22 bits per heavy atom. The van der Waals surface area contributed by atoms with Gasteiger partial charge in [-0.3, -0.25) is 9.20 Å². The molecule has 0 N–H and O–H groups in total. The summed E-state index contributed by atoms with van der Waals surface area (Å²) in [7, 11) is 0. The smallest absolute Gasteiger partial charge is 0.169 e. The van der Waals surface area contributed by atoms with E-state index >= 15 is 0 Å². The summed E-state index contributed by atoms with van der Waals surface area (Å²) in [6, 6.07) is 9.03. The van der Waals surface area contributed by atoms with Crippen molar-refractivity contribution in [2.45, 2.75) is 20.0 Å². The van der Waals surface area contributed by atoms with Crippen LogP contribution < -0.4 is 4.74 Å². The molecular weight excluding hydrogens is 335 g/mol. The van der Waals surface area contributed by atoms with Crippen LogP contribution in [0.25, 0.3) is 16.9 Å². The molecule has 3 aromatic rings. The summed E-state index contributed by atoms with van der Waals surface area (Å²) >= 11 is 12.2. The van der Waals surface area contributed by atoms with Crippen molar-refractivity contribution in [2.24, 2.45) is 0 Å². The zero-order valence-corrected chi connectivity index (χ0v) is 14.1. The molecule has 6 heteroatoms. The van der Waals surface area contributed by atoms with E-state index in [1.54, 1.807) is 16.7 Å².